The Labute approximate surface area is 302 Å². The van der Waals surface area contributed by atoms with Gasteiger partial charge in [0, 0.05) is 29.3 Å². The van der Waals surface area contributed by atoms with E-state index in [-0.39, 0.29) is 5.91 Å². The maximum Gasteiger partial charge on any atom is 0.255 e. The number of nitrogens with zero attached hydrogens (tertiary/aromatic N) is 1. The minimum absolute atomic E-state index is 0.131. The van der Waals surface area contributed by atoms with Crippen LogP contribution in [-0.2, 0) is 0 Å². The number of carbonyl (C=O) groups excluding carboxylic acids is 1. The highest BCUT2D eigenvalue weighted by Crippen LogP contribution is 2.42. The van der Waals surface area contributed by atoms with Crippen LogP contribution in [0.15, 0.2) is 89.7 Å². The number of ether oxygens (including phenoxy) is 7. The van der Waals surface area contributed by atoms with Gasteiger partial charge in [0.2, 0.25) is 5.75 Å². The summed E-state index contributed by atoms with van der Waals surface area (Å²) in [4.78, 5) is 12.8. The molecule has 5 aromatic rings. The van der Waals surface area contributed by atoms with Crippen LogP contribution in [0.25, 0.3) is 22.6 Å². The van der Waals surface area contributed by atoms with Crippen molar-refractivity contribution in [1.29, 1.82) is 0 Å². The molecule has 1 atom stereocenters. The highest BCUT2D eigenvalue weighted by atomic mass is 16.5. The summed E-state index contributed by atoms with van der Waals surface area (Å²) >= 11 is 0. The van der Waals surface area contributed by atoms with Crippen LogP contribution in [-0.4, -0.2) is 53.2 Å². The average molecular weight is 708 g/mol. The number of aryl methyl sites for hydroxylation is 1. The lowest BCUT2D eigenvalue weighted by molar-refractivity contribution is 0.0935. The molecule has 0 saturated carbocycles. The standard InChI is InChI=1S/C40H41N3O9/c1-23-10-13-29-28(17-23)40(44)42-39(41-29)26-12-15-32(34(19-26)46-4)50-16-8-9-24(2)51-35-18-25(11-14-31(35)45-3)33-22-30(43-52-33)27-20-36(47-5)38(49-7)37(21-27)48-6/h10-15,17-22,39,41H,2,8-9,16H2,1,3-7H3,(H,42,44). The maximum absolute atomic E-state index is 12.8. The number of carbonyl (C=O) groups is 1. The van der Waals surface area contributed by atoms with Gasteiger partial charge in [0.25, 0.3) is 5.91 Å². The Bertz CT molecular complexity index is 2070. The van der Waals surface area contributed by atoms with Gasteiger partial charge in [-0.2, -0.15) is 0 Å². The molecule has 1 aromatic heterocycles. The molecule has 0 saturated heterocycles. The normalized spacial score (nSPS) is 13.3. The van der Waals surface area contributed by atoms with Gasteiger partial charge in [-0.05, 0) is 73.5 Å². The Morgan fingerprint density at radius 1 is 0.750 bits per heavy atom. The number of allylic oxidation sites excluding steroid dienone is 1. The highest BCUT2D eigenvalue weighted by molar-refractivity contribution is 6.02. The second-order valence-corrected chi connectivity index (χ2v) is 12.0. The molecule has 0 spiro atoms. The van der Waals surface area contributed by atoms with E-state index in [9.17, 15) is 4.79 Å². The zero-order valence-corrected chi connectivity index (χ0v) is 30.0. The molecule has 0 bridgehead atoms. The summed E-state index contributed by atoms with van der Waals surface area (Å²) in [5, 5.41) is 10.7. The summed E-state index contributed by atoms with van der Waals surface area (Å²) in [5.41, 5.74) is 5.31. The zero-order chi connectivity index (χ0) is 36.8. The molecule has 270 valence electrons. The molecule has 12 heteroatoms. The lowest BCUT2D eigenvalue weighted by atomic mass is 10.0. The van der Waals surface area contributed by atoms with Crippen molar-refractivity contribution < 1.29 is 42.5 Å². The predicted octanol–water partition coefficient (Wildman–Crippen LogP) is 7.97. The Balaban J connectivity index is 1.06. The van der Waals surface area contributed by atoms with Crippen molar-refractivity contribution >= 4 is 11.6 Å². The second-order valence-electron chi connectivity index (χ2n) is 12.0. The number of amides is 1. The minimum Gasteiger partial charge on any atom is -0.493 e. The van der Waals surface area contributed by atoms with Gasteiger partial charge in [-0.3, -0.25) is 4.79 Å². The topological polar surface area (TPSA) is 132 Å². The fourth-order valence-corrected chi connectivity index (χ4v) is 5.87. The van der Waals surface area contributed by atoms with E-state index in [4.69, 9.17) is 37.7 Å². The second kappa shape index (κ2) is 15.7. The third-order valence-corrected chi connectivity index (χ3v) is 8.55. The first-order valence-electron chi connectivity index (χ1n) is 16.5. The maximum atomic E-state index is 12.8. The molecule has 2 heterocycles. The number of nitrogens with one attached hydrogen (secondary N) is 2. The summed E-state index contributed by atoms with van der Waals surface area (Å²) in [6.07, 6.45) is 0.746. The Kier molecular flexibility index (Phi) is 10.7. The monoisotopic (exact) mass is 707 g/mol. The van der Waals surface area contributed by atoms with E-state index < -0.39 is 6.17 Å². The molecule has 1 amide bonds. The lowest BCUT2D eigenvalue weighted by Gasteiger charge is -2.28. The van der Waals surface area contributed by atoms with Crippen LogP contribution < -0.4 is 43.8 Å². The van der Waals surface area contributed by atoms with Gasteiger partial charge < -0.3 is 48.3 Å². The number of anilines is 1. The van der Waals surface area contributed by atoms with E-state index >= 15 is 0 Å². The van der Waals surface area contributed by atoms with E-state index in [1.54, 1.807) is 53.7 Å². The summed E-state index contributed by atoms with van der Waals surface area (Å²) in [5.74, 6) is 4.59. The molecule has 0 radical (unpaired) electrons. The van der Waals surface area contributed by atoms with Crippen molar-refractivity contribution in [3.8, 4) is 62.8 Å². The third kappa shape index (κ3) is 7.55. The minimum atomic E-state index is -0.408. The average Bonchev–Trinajstić information content (AvgIpc) is 3.66. The van der Waals surface area contributed by atoms with Gasteiger partial charge in [0.15, 0.2) is 40.3 Å². The van der Waals surface area contributed by atoms with E-state index in [2.05, 4.69) is 22.4 Å². The van der Waals surface area contributed by atoms with Crippen LogP contribution in [0, 0.1) is 6.92 Å². The third-order valence-electron chi connectivity index (χ3n) is 8.55. The number of hydrogen-bond acceptors (Lipinski definition) is 11. The fourth-order valence-electron chi connectivity index (χ4n) is 5.87. The van der Waals surface area contributed by atoms with Crippen LogP contribution in [0.2, 0.25) is 0 Å². The smallest absolute Gasteiger partial charge is 0.255 e. The Morgan fingerprint density at radius 2 is 1.46 bits per heavy atom. The first-order valence-corrected chi connectivity index (χ1v) is 16.5. The van der Waals surface area contributed by atoms with Crippen LogP contribution in [0.4, 0.5) is 5.69 Å². The van der Waals surface area contributed by atoms with Gasteiger partial charge in [-0.15, -0.1) is 0 Å². The van der Waals surface area contributed by atoms with Crippen LogP contribution in [0.5, 0.6) is 40.2 Å². The molecular formula is C40H41N3O9. The molecule has 12 nitrogen and oxygen atoms in total. The van der Waals surface area contributed by atoms with Crippen LogP contribution >= 0.6 is 0 Å². The summed E-state index contributed by atoms with van der Waals surface area (Å²) in [6, 6.07) is 22.3. The van der Waals surface area contributed by atoms with E-state index in [1.807, 2.05) is 61.5 Å². The Morgan fingerprint density at radius 3 is 2.17 bits per heavy atom. The van der Waals surface area contributed by atoms with Crippen LogP contribution in [0.3, 0.4) is 0 Å². The van der Waals surface area contributed by atoms with Crippen molar-refractivity contribution in [2.24, 2.45) is 0 Å². The highest BCUT2D eigenvalue weighted by Gasteiger charge is 2.25. The van der Waals surface area contributed by atoms with Crippen molar-refractivity contribution in [3.63, 3.8) is 0 Å². The van der Waals surface area contributed by atoms with Crippen molar-refractivity contribution in [2.45, 2.75) is 25.9 Å². The molecule has 0 aliphatic carbocycles. The molecule has 1 unspecified atom stereocenters. The zero-order valence-electron chi connectivity index (χ0n) is 30.0. The van der Waals surface area contributed by atoms with Gasteiger partial charge in [-0.1, -0.05) is 29.4 Å². The molecule has 0 fully saturated rings. The molecule has 2 N–H and O–H groups in total. The van der Waals surface area contributed by atoms with Gasteiger partial charge in [-0.25, -0.2) is 0 Å². The Hall–Kier alpha value is -6.30. The number of aromatic nitrogens is 1. The number of benzene rings is 4. The van der Waals surface area contributed by atoms with Gasteiger partial charge in [0.05, 0.1) is 53.5 Å². The van der Waals surface area contributed by atoms with Crippen molar-refractivity contribution in [3.05, 3.63) is 102 Å². The molecule has 4 aromatic carbocycles. The lowest BCUT2D eigenvalue weighted by Crippen LogP contribution is -2.38. The van der Waals surface area contributed by atoms with Crippen molar-refractivity contribution in [2.75, 3.05) is 47.5 Å². The number of methoxy groups -OCH3 is 5. The SMILES string of the molecule is C=C(CCCOc1ccc(C2NC(=O)c3cc(C)ccc3N2)cc1OC)Oc1cc(-c2cc(-c3cc(OC)c(OC)c(OC)c3)no2)ccc1OC. The fraction of sp³-hybridized carbons (Fsp3) is 0.250. The van der Waals surface area contributed by atoms with Crippen molar-refractivity contribution in [1.82, 2.24) is 10.5 Å². The van der Waals surface area contributed by atoms with E-state index in [0.29, 0.717) is 82.5 Å². The van der Waals surface area contributed by atoms with Gasteiger partial charge in [0.1, 0.15) is 11.9 Å². The first kappa shape index (κ1) is 35.5. The first-order chi connectivity index (χ1) is 25.2. The van der Waals surface area contributed by atoms with Gasteiger partial charge >= 0.3 is 0 Å². The van der Waals surface area contributed by atoms with E-state index in [0.717, 1.165) is 27.9 Å². The number of hydrogen-bond donors (Lipinski definition) is 2. The predicted molar refractivity (Wildman–Crippen MR) is 196 cm³/mol. The molecular weight excluding hydrogens is 666 g/mol. The summed E-state index contributed by atoms with van der Waals surface area (Å²) in [7, 11) is 7.83. The molecule has 52 heavy (non-hydrogen) atoms. The molecule has 1 aliphatic rings. The molecule has 6 rings (SSSR count). The quantitative estimate of drug-likeness (QED) is 0.0811. The number of fused-ring (bicyclic) bond motifs is 1. The van der Waals surface area contributed by atoms with E-state index in [1.165, 1.54) is 0 Å². The largest absolute Gasteiger partial charge is 0.493 e. The molecule has 1 aliphatic heterocycles. The summed E-state index contributed by atoms with van der Waals surface area (Å²) in [6.45, 7) is 6.47. The van der Waals surface area contributed by atoms with Crippen LogP contribution in [0.1, 0.15) is 40.5 Å². The summed E-state index contributed by atoms with van der Waals surface area (Å²) < 4.78 is 45.5. The number of rotatable bonds is 15.